The number of likely N-dealkylation sites (tertiary alicyclic amines) is 1. The first-order valence-electron chi connectivity index (χ1n) is 7.73. The van der Waals surface area contributed by atoms with Gasteiger partial charge in [0.25, 0.3) is 0 Å². The third-order valence-electron chi connectivity index (χ3n) is 4.25. The van der Waals surface area contributed by atoms with Crippen molar-refractivity contribution >= 4 is 29.1 Å². The lowest BCUT2D eigenvalue weighted by atomic mass is 9.91. The average molecular weight is 343 g/mol. The molecule has 1 aliphatic rings. The lowest BCUT2D eigenvalue weighted by Crippen LogP contribution is -2.43. The molecule has 1 N–H and O–H groups in total. The van der Waals surface area contributed by atoms with E-state index < -0.39 is 5.54 Å². The van der Waals surface area contributed by atoms with Gasteiger partial charge < -0.3 is 10.2 Å². The van der Waals surface area contributed by atoms with Crippen LogP contribution in [0.25, 0.3) is 0 Å². The third kappa shape index (κ3) is 4.61. The maximum atomic E-state index is 12.4. The summed E-state index contributed by atoms with van der Waals surface area (Å²) in [6, 6.07) is 5.34. The van der Waals surface area contributed by atoms with E-state index in [0.29, 0.717) is 22.4 Å². The molecule has 1 aromatic rings. The van der Waals surface area contributed by atoms with Crippen LogP contribution < -0.4 is 5.32 Å². The summed E-state index contributed by atoms with van der Waals surface area (Å²) >= 11 is 12.3. The predicted molar refractivity (Wildman–Crippen MR) is 92.5 cm³/mol. The Hall–Kier alpha value is -0.770. The summed E-state index contributed by atoms with van der Waals surface area (Å²) in [4.78, 5) is 14.7. The summed E-state index contributed by atoms with van der Waals surface area (Å²) in [5.41, 5.74) is 0.301. The Balaban J connectivity index is 2.01. The molecule has 0 aliphatic carbocycles. The van der Waals surface area contributed by atoms with Gasteiger partial charge in [0.2, 0.25) is 5.91 Å². The molecule has 1 atom stereocenters. The molecule has 2 rings (SSSR count). The van der Waals surface area contributed by atoms with Gasteiger partial charge in [0, 0.05) is 23.0 Å². The molecule has 1 heterocycles. The van der Waals surface area contributed by atoms with Crippen molar-refractivity contribution in [3.63, 3.8) is 0 Å². The van der Waals surface area contributed by atoms with Crippen LogP contribution in [0, 0.1) is 5.92 Å². The smallest absolute Gasteiger partial charge is 0.220 e. The second kappa shape index (κ2) is 7.20. The lowest BCUT2D eigenvalue weighted by molar-refractivity contribution is -0.124. The second-order valence-electron chi connectivity index (χ2n) is 6.77. The highest BCUT2D eigenvalue weighted by atomic mass is 35.5. The summed E-state index contributed by atoms with van der Waals surface area (Å²) < 4.78 is 0. The minimum atomic E-state index is -0.542. The molecule has 1 amide bonds. The van der Waals surface area contributed by atoms with Gasteiger partial charge in [-0.05, 0) is 70.0 Å². The summed E-state index contributed by atoms with van der Waals surface area (Å²) in [5.74, 6) is 0.505. The second-order valence-corrected chi connectivity index (χ2v) is 7.62. The molecule has 0 saturated carbocycles. The van der Waals surface area contributed by atoms with E-state index in [1.165, 1.54) is 0 Å². The van der Waals surface area contributed by atoms with Crippen molar-refractivity contribution in [2.75, 3.05) is 20.1 Å². The summed E-state index contributed by atoms with van der Waals surface area (Å²) in [7, 11) is 2.11. The number of rotatable bonds is 4. The van der Waals surface area contributed by atoms with Crippen molar-refractivity contribution in [2.24, 2.45) is 5.92 Å². The molecule has 3 nitrogen and oxygen atoms in total. The van der Waals surface area contributed by atoms with Gasteiger partial charge in [0.05, 0.1) is 5.54 Å². The van der Waals surface area contributed by atoms with Crippen molar-refractivity contribution in [3.8, 4) is 0 Å². The van der Waals surface area contributed by atoms with Gasteiger partial charge in [-0.25, -0.2) is 0 Å². The number of hydrogen-bond donors (Lipinski definition) is 1. The number of nitrogens with one attached hydrogen (secondary N) is 1. The van der Waals surface area contributed by atoms with Gasteiger partial charge in [-0.1, -0.05) is 23.2 Å². The Morgan fingerprint density at radius 2 is 2.14 bits per heavy atom. The highest BCUT2D eigenvalue weighted by Crippen LogP contribution is 2.30. The molecule has 1 fully saturated rings. The zero-order chi connectivity index (χ0) is 16.3. The van der Waals surface area contributed by atoms with E-state index in [2.05, 4.69) is 17.3 Å². The van der Waals surface area contributed by atoms with Gasteiger partial charge in [0.15, 0.2) is 0 Å². The zero-order valence-corrected chi connectivity index (χ0v) is 15.0. The maximum absolute atomic E-state index is 12.4. The molecular weight excluding hydrogens is 319 g/mol. The number of hydrogen-bond acceptors (Lipinski definition) is 2. The topological polar surface area (TPSA) is 32.3 Å². The molecule has 0 aromatic heterocycles. The van der Waals surface area contributed by atoms with Gasteiger partial charge in [0.1, 0.15) is 0 Å². The standard InChI is InChI=1S/C17H24Cl2N2O/c1-17(2,14-10-13(18)6-7-15(14)19)20-16(22)9-12-5-4-8-21(3)11-12/h6-7,10,12H,4-5,8-9,11H2,1-3H3,(H,20,22)/t12-/m0/s1. The Bertz CT molecular complexity index is 545. The van der Waals surface area contributed by atoms with Crippen molar-refractivity contribution in [2.45, 2.75) is 38.6 Å². The highest BCUT2D eigenvalue weighted by molar-refractivity contribution is 6.33. The first-order valence-corrected chi connectivity index (χ1v) is 8.48. The molecular formula is C17H24Cl2N2O. The van der Waals surface area contributed by atoms with E-state index in [9.17, 15) is 4.79 Å². The molecule has 1 aliphatic heterocycles. The van der Waals surface area contributed by atoms with Crippen LogP contribution in [0.3, 0.4) is 0 Å². The Morgan fingerprint density at radius 1 is 1.41 bits per heavy atom. The molecule has 0 radical (unpaired) electrons. The number of nitrogens with zero attached hydrogens (tertiary/aromatic N) is 1. The van der Waals surface area contributed by atoms with Crippen LogP contribution in [0.2, 0.25) is 10.0 Å². The normalized spacial score (nSPS) is 20.0. The highest BCUT2D eigenvalue weighted by Gasteiger charge is 2.27. The largest absolute Gasteiger partial charge is 0.347 e. The number of amides is 1. The molecule has 22 heavy (non-hydrogen) atoms. The van der Waals surface area contributed by atoms with Crippen LogP contribution in [0.5, 0.6) is 0 Å². The Morgan fingerprint density at radius 3 is 2.82 bits per heavy atom. The molecule has 0 spiro atoms. The number of benzene rings is 1. The molecule has 5 heteroatoms. The molecule has 122 valence electrons. The van der Waals surface area contributed by atoms with Crippen LogP contribution >= 0.6 is 23.2 Å². The Kier molecular flexibility index (Phi) is 5.76. The van der Waals surface area contributed by atoms with Crippen LogP contribution in [0.4, 0.5) is 0 Å². The molecule has 1 aromatic carbocycles. The summed E-state index contributed by atoms with van der Waals surface area (Å²) in [6.45, 7) is 6.03. The fourth-order valence-electron chi connectivity index (χ4n) is 3.15. The van der Waals surface area contributed by atoms with Crippen molar-refractivity contribution in [3.05, 3.63) is 33.8 Å². The van der Waals surface area contributed by atoms with Gasteiger partial charge in [-0.2, -0.15) is 0 Å². The Labute approximate surface area is 143 Å². The van der Waals surface area contributed by atoms with Crippen molar-refractivity contribution in [1.82, 2.24) is 10.2 Å². The van der Waals surface area contributed by atoms with Gasteiger partial charge >= 0.3 is 0 Å². The maximum Gasteiger partial charge on any atom is 0.220 e. The monoisotopic (exact) mass is 342 g/mol. The van der Waals surface area contributed by atoms with Crippen LogP contribution in [-0.2, 0) is 10.3 Å². The van der Waals surface area contributed by atoms with E-state index in [0.717, 1.165) is 31.5 Å². The quantitative estimate of drug-likeness (QED) is 0.894. The number of carbonyl (C=O) groups excluding carboxylic acids is 1. The zero-order valence-electron chi connectivity index (χ0n) is 13.5. The van der Waals surface area contributed by atoms with E-state index >= 15 is 0 Å². The molecule has 0 unspecified atom stereocenters. The first kappa shape index (κ1) is 17.6. The molecule has 0 bridgehead atoms. The van der Waals surface area contributed by atoms with E-state index in [-0.39, 0.29) is 5.91 Å². The van der Waals surface area contributed by atoms with Crippen LogP contribution in [0.1, 0.15) is 38.7 Å². The van der Waals surface area contributed by atoms with Crippen molar-refractivity contribution < 1.29 is 4.79 Å². The van der Waals surface area contributed by atoms with Crippen molar-refractivity contribution in [1.29, 1.82) is 0 Å². The van der Waals surface area contributed by atoms with Gasteiger partial charge in [-0.3, -0.25) is 4.79 Å². The number of carbonyl (C=O) groups is 1. The third-order valence-corrected chi connectivity index (χ3v) is 4.81. The summed E-state index contributed by atoms with van der Waals surface area (Å²) in [6.07, 6.45) is 2.85. The van der Waals surface area contributed by atoms with E-state index in [1.807, 2.05) is 19.9 Å². The van der Waals surface area contributed by atoms with Gasteiger partial charge in [-0.15, -0.1) is 0 Å². The average Bonchev–Trinajstić information content (AvgIpc) is 2.40. The van der Waals surface area contributed by atoms with E-state index in [4.69, 9.17) is 23.2 Å². The fourth-order valence-corrected chi connectivity index (χ4v) is 3.67. The number of piperidine rings is 1. The first-order chi connectivity index (χ1) is 10.3. The SMILES string of the molecule is CN1CCC[C@@H](CC(=O)NC(C)(C)c2cc(Cl)ccc2Cl)C1. The predicted octanol–water partition coefficient (Wildman–Crippen LogP) is 4.08. The van der Waals surface area contributed by atoms with Crippen LogP contribution in [0.15, 0.2) is 18.2 Å². The van der Waals surface area contributed by atoms with Crippen LogP contribution in [-0.4, -0.2) is 30.9 Å². The number of halogens is 2. The van der Waals surface area contributed by atoms with E-state index in [1.54, 1.807) is 12.1 Å². The fraction of sp³-hybridized carbons (Fsp3) is 0.588. The molecule has 1 saturated heterocycles. The minimum absolute atomic E-state index is 0.0707. The minimum Gasteiger partial charge on any atom is -0.347 e. The summed E-state index contributed by atoms with van der Waals surface area (Å²) in [5, 5.41) is 4.34. The lowest BCUT2D eigenvalue weighted by Gasteiger charge is -2.32.